The first-order valence-electron chi connectivity index (χ1n) is 7.52. The number of ether oxygens (including phenoxy) is 3. The number of para-hydroxylation sites is 2. The maximum absolute atomic E-state index is 11.8. The van der Waals surface area contributed by atoms with Crippen LogP contribution in [0.5, 0.6) is 11.5 Å². The van der Waals surface area contributed by atoms with E-state index in [1.54, 1.807) is 19.2 Å². The molecule has 138 valence electrons. The van der Waals surface area contributed by atoms with Gasteiger partial charge in [0.05, 0.1) is 24.2 Å². The first-order chi connectivity index (χ1) is 12.5. The first-order valence-corrected chi connectivity index (χ1v) is 8.27. The molecular formula is C17H16Cl2N2O5. The largest absolute Gasteiger partial charge is 0.493 e. The van der Waals surface area contributed by atoms with E-state index in [4.69, 9.17) is 37.4 Å². The third kappa shape index (κ3) is 5.79. The normalized spacial score (nSPS) is 10.1. The molecule has 2 aromatic rings. The summed E-state index contributed by atoms with van der Waals surface area (Å²) in [6.45, 7) is 0.0350. The van der Waals surface area contributed by atoms with Gasteiger partial charge in [0.1, 0.15) is 11.8 Å². The summed E-state index contributed by atoms with van der Waals surface area (Å²) in [7, 11) is 1.54. The second kappa shape index (κ2) is 9.84. The smallest absolute Gasteiger partial charge is 0.340 e. The summed E-state index contributed by atoms with van der Waals surface area (Å²) in [5, 5.41) is 2.78. The Morgan fingerprint density at radius 2 is 1.92 bits per heavy atom. The van der Waals surface area contributed by atoms with Crippen LogP contribution in [0.2, 0.25) is 10.2 Å². The fourth-order valence-electron chi connectivity index (χ4n) is 1.89. The lowest BCUT2D eigenvalue weighted by atomic mass is 10.3. The van der Waals surface area contributed by atoms with Crippen molar-refractivity contribution in [2.24, 2.45) is 0 Å². The highest BCUT2D eigenvalue weighted by molar-refractivity contribution is 6.41. The lowest BCUT2D eigenvalue weighted by molar-refractivity contribution is -0.124. The van der Waals surface area contributed by atoms with Crippen molar-refractivity contribution < 1.29 is 23.8 Å². The van der Waals surface area contributed by atoms with Crippen LogP contribution in [0.4, 0.5) is 0 Å². The number of methoxy groups -OCH3 is 1. The number of carbonyl (C=O) groups is 2. The van der Waals surface area contributed by atoms with E-state index in [1.807, 2.05) is 12.1 Å². The first kappa shape index (κ1) is 19.8. The molecule has 1 N–H and O–H groups in total. The number of hydrogen-bond acceptors (Lipinski definition) is 6. The lowest BCUT2D eigenvalue weighted by Crippen LogP contribution is -2.32. The van der Waals surface area contributed by atoms with Crippen molar-refractivity contribution in [2.75, 3.05) is 26.9 Å². The SMILES string of the molecule is COc1ccccc1OCCNC(=O)COC(=O)c1cnc(Cl)c(Cl)c1. The van der Waals surface area contributed by atoms with Crippen LogP contribution in [0, 0.1) is 0 Å². The minimum absolute atomic E-state index is 0.0796. The molecule has 0 aliphatic heterocycles. The maximum atomic E-state index is 11.8. The van der Waals surface area contributed by atoms with Crippen LogP contribution in [-0.2, 0) is 9.53 Å². The van der Waals surface area contributed by atoms with Gasteiger partial charge in [-0.1, -0.05) is 35.3 Å². The number of nitrogens with zero attached hydrogens (tertiary/aromatic N) is 1. The predicted octanol–water partition coefficient (Wildman–Crippen LogP) is 2.75. The fourth-order valence-corrected chi connectivity index (χ4v) is 2.16. The summed E-state index contributed by atoms with van der Waals surface area (Å²) in [6.07, 6.45) is 1.22. The minimum Gasteiger partial charge on any atom is -0.493 e. The second-order valence-corrected chi connectivity index (χ2v) is 5.69. The molecule has 0 atom stereocenters. The molecule has 0 saturated carbocycles. The molecule has 0 unspecified atom stereocenters. The highest BCUT2D eigenvalue weighted by Gasteiger charge is 2.12. The maximum Gasteiger partial charge on any atom is 0.340 e. The van der Waals surface area contributed by atoms with Crippen LogP contribution >= 0.6 is 23.2 Å². The molecule has 1 heterocycles. The van der Waals surface area contributed by atoms with Crippen molar-refractivity contribution in [3.8, 4) is 11.5 Å². The molecule has 2 rings (SSSR count). The Hall–Kier alpha value is -2.51. The Labute approximate surface area is 160 Å². The molecule has 0 bridgehead atoms. The van der Waals surface area contributed by atoms with Gasteiger partial charge < -0.3 is 19.5 Å². The lowest BCUT2D eigenvalue weighted by Gasteiger charge is -2.11. The molecular weight excluding hydrogens is 383 g/mol. The number of amides is 1. The Morgan fingerprint density at radius 3 is 2.62 bits per heavy atom. The third-order valence-corrected chi connectivity index (χ3v) is 3.80. The molecule has 0 aliphatic rings. The molecule has 0 fully saturated rings. The van der Waals surface area contributed by atoms with E-state index in [-0.39, 0.29) is 28.9 Å². The van der Waals surface area contributed by atoms with E-state index in [2.05, 4.69) is 10.3 Å². The Balaban J connectivity index is 1.70. The van der Waals surface area contributed by atoms with Crippen LogP contribution in [0.15, 0.2) is 36.5 Å². The number of esters is 1. The van der Waals surface area contributed by atoms with Gasteiger partial charge in [-0.2, -0.15) is 0 Å². The topological polar surface area (TPSA) is 86.8 Å². The van der Waals surface area contributed by atoms with Crippen molar-refractivity contribution in [3.63, 3.8) is 0 Å². The number of hydrogen-bond donors (Lipinski definition) is 1. The Kier molecular flexibility index (Phi) is 7.50. The van der Waals surface area contributed by atoms with E-state index < -0.39 is 18.5 Å². The number of rotatable bonds is 8. The van der Waals surface area contributed by atoms with Crippen molar-refractivity contribution in [3.05, 3.63) is 52.3 Å². The Bertz CT molecular complexity index is 785. The number of carbonyl (C=O) groups excluding carboxylic acids is 2. The summed E-state index contributed by atoms with van der Waals surface area (Å²) in [6, 6.07) is 8.48. The van der Waals surface area contributed by atoms with E-state index in [1.165, 1.54) is 12.3 Å². The highest BCUT2D eigenvalue weighted by atomic mass is 35.5. The van der Waals surface area contributed by atoms with Gasteiger partial charge in [-0.3, -0.25) is 4.79 Å². The van der Waals surface area contributed by atoms with E-state index >= 15 is 0 Å². The molecule has 1 aromatic heterocycles. The van der Waals surface area contributed by atoms with Crippen molar-refractivity contribution in [1.82, 2.24) is 10.3 Å². The zero-order chi connectivity index (χ0) is 18.9. The Morgan fingerprint density at radius 1 is 1.19 bits per heavy atom. The summed E-state index contributed by atoms with van der Waals surface area (Å²) in [5.74, 6) is -0.0164. The molecule has 0 saturated heterocycles. The zero-order valence-electron chi connectivity index (χ0n) is 13.8. The number of halogens is 2. The van der Waals surface area contributed by atoms with Gasteiger partial charge in [0, 0.05) is 6.20 Å². The molecule has 0 radical (unpaired) electrons. The van der Waals surface area contributed by atoms with E-state index in [0.717, 1.165) is 0 Å². The standard InChI is InChI=1S/C17H16Cl2N2O5/c1-24-13-4-2-3-5-14(13)25-7-6-20-15(22)10-26-17(23)11-8-12(18)16(19)21-9-11/h2-5,8-9H,6-7,10H2,1H3,(H,20,22). The van der Waals surface area contributed by atoms with Crippen LogP contribution in [0.3, 0.4) is 0 Å². The summed E-state index contributed by atoms with van der Waals surface area (Å²) < 4.78 is 15.6. The van der Waals surface area contributed by atoms with E-state index in [9.17, 15) is 9.59 Å². The fraction of sp³-hybridized carbons (Fsp3) is 0.235. The zero-order valence-corrected chi connectivity index (χ0v) is 15.3. The number of pyridine rings is 1. The number of aromatic nitrogens is 1. The van der Waals surface area contributed by atoms with Crippen molar-refractivity contribution in [1.29, 1.82) is 0 Å². The summed E-state index contributed by atoms with van der Waals surface area (Å²) in [5.41, 5.74) is 0.103. The average Bonchev–Trinajstić information content (AvgIpc) is 2.65. The predicted molar refractivity (Wildman–Crippen MR) is 96.0 cm³/mol. The van der Waals surface area contributed by atoms with Gasteiger partial charge in [0.15, 0.2) is 18.1 Å². The number of nitrogens with one attached hydrogen (secondary N) is 1. The minimum atomic E-state index is -0.725. The van der Waals surface area contributed by atoms with Gasteiger partial charge in [-0.05, 0) is 18.2 Å². The summed E-state index contributed by atoms with van der Waals surface area (Å²) in [4.78, 5) is 27.3. The molecule has 1 aromatic carbocycles. The van der Waals surface area contributed by atoms with Crippen molar-refractivity contribution in [2.45, 2.75) is 0 Å². The van der Waals surface area contributed by atoms with Crippen molar-refractivity contribution >= 4 is 35.1 Å². The van der Waals surface area contributed by atoms with Gasteiger partial charge >= 0.3 is 5.97 Å². The van der Waals surface area contributed by atoms with Gasteiger partial charge in [-0.15, -0.1) is 0 Å². The monoisotopic (exact) mass is 398 g/mol. The molecule has 0 spiro atoms. The highest BCUT2D eigenvalue weighted by Crippen LogP contribution is 2.25. The number of benzene rings is 1. The van der Waals surface area contributed by atoms with Crippen LogP contribution in [0.1, 0.15) is 10.4 Å². The van der Waals surface area contributed by atoms with Gasteiger partial charge in [-0.25, -0.2) is 9.78 Å². The van der Waals surface area contributed by atoms with Crippen LogP contribution in [0.25, 0.3) is 0 Å². The summed E-state index contributed by atoms with van der Waals surface area (Å²) >= 11 is 11.4. The molecule has 26 heavy (non-hydrogen) atoms. The van der Waals surface area contributed by atoms with Crippen LogP contribution < -0.4 is 14.8 Å². The van der Waals surface area contributed by atoms with Crippen LogP contribution in [-0.4, -0.2) is 43.7 Å². The third-order valence-electron chi connectivity index (χ3n) is 3.12. The molecule has 1 amide bonds. The average molecular weight is 399 g/mol. The molecule has 0 aliphatic carbocycles. The molecule has 7 nitrogen and oxygen atoms in total. The second-order valence-electron chi connectivity index (χ2n) is 4.92. The van der Waals surface area contributed by atoms with E-state index in [0.29, 0.717) is 11.5 Å². The van der Waals surface area contributed by atoms with Gasteiger partial charge in [0.25, 0.3) is 5.91 Å². The molecule has 9 heteroatoms. The van der Waals surface area contributed by atoms with Gasteiger partial charge in [0.2, 0.25) is 0 Å². The quantitative estimate of drug-likeness (QED) is 0.417.